The first-order valence-electron chi connectivity index (χ1n) is 7.04. The molecule has 2 atom stereocenters. The SMILES string of the molecule is CCC1SCC(C(=O)O)N1C(=O)NCC(=O)NCC(C)C. The van der Waals surface area contributed by atoms with Crippen molar-refractivity contribution in [1.29, 1.82) is 0 Å². The van der Waals surface area contributed by atoms with E-state index < -0.39 is 18.0 Å². The molecule has 7 nitrogen and oxygen atoms in total. The predicted octanol–water partition coefficient (Wildman–Crippen LogP) is 0.706. The van der Waals surface area contributed by atoms with Gasteiger partial charge >= 0.3 is 12.0 Å². The second-order valence-corrected chi connectivity index (χ2v) is 6.52. The van der Waals surface area contributed by atoms with Crippen molar-refractivity contribution in [3.05, 3.63) is 0 Å². The van der Waals surface area contributed by atoms with E-state index in [1.54, 1.807) is 0 Å². The zero-order valence-electron chi connectivity index (χ0n) is 12.6. The van der Waals surface area contributed by atoms with Crippen LogP contribution < -0.4 is 10.6 Å². The molecule has 0 spiro atoms. The fourth-order valence-electron chi connectivity index (χ4n) is 1.97. The zero-order chi connectivity index (χ0) is 16.0. The van der Waals surface area contributed by atoms with Gasteiger partial charge in [0.1, 0.15) is 6.04 Å². The number of thioether (sulfide) groups is 1. The number of rotatable bonds is 6. The summed E-state index contributed by atoms with van der Waals surface area (Å²) < 4.78 is 0. The number of carbonyl (C=O) groups is 3. The van der Waals surface area contributed by atoms with E-state index in [1.807, 2.05) is 20.8 Å². The molecule has 1 fully saturated rings. The minimum Gasteiger partial charge on any atom is -0.480 e. The number of aliphatic carboxylic acids is 1. The molecule has 120 valence electrons. The van der Waals surface area contributed by atoms with Gasteiger partial charge in [-0.1, -0.05) is 20.8 Å². The second kappa shape index (κ2) is 8.11. The standard InChI is InChI=1S/C13H23N3O4S/c1-4-11-16(9(7-21-11)12(18)19)13(20)15-6-10(17)14-5-8(2)3/h8-9,11H,4-7H2,1-3H3,(H,14,17)(H,15,20)(H,18,19). The molecule has 1 aliphatic rings. The highest BCUT2D eigenvalue weighted by atomic mass is 32.2. The maximum atomic E-state index is 12.1. The molecule has 0 aromatic heterocycles. The van der Waals surface area contributed by atoms with Gasteiger partial charge in [0.25, 0.3) is 0 Å². The lowest BCUT2D eigenvalue weighted by molar-refractivity contribution is -0.141. The van der Waals surface area contributed by atoms with Crippen molar-refractivity contribution in [2.24, 2.45) is 5.92 Å². The fraction of sp³-hybridized carbons (Fsp3) is 0.769. The topological polar surface area (TPSA) is 98.7 Å². The highest BCUT2D eigenvalue weighted by molar-refractivity contribution is 8.00. The van der Waals surface area contributed by atoms with Gasteiger partial charge in [-0.05, 0) is 12.3 Å². The van der Waals surface area contributed by atoms with Crippen LogP contribution in [0.15, 0.2) is 0 Å². The largest absolute Gasteiger partial charge is 0.480 e. The maximum Gasteiger partial charge on any atom is 0.327 e. The van der Waals surface area contributed by atoms with Gasteiger partial charge in [-0.25, -0.2) is 9.59 Å². The summed E-state index contributed by atoms with van der Waals surface area (Å²) in [6.45, 7) is 6.25. The summed E-state index contributed by atoms with van der Waals surface area (Å²) in [5.74, 6) is -0.581. The number of amides is 3. The Morgan fingerprint density at radius 2 is 2.00 bits per heavy atom. The van der Waals surface area contributed by atoms with E-state index >= 15 is 0 Å². The molecular weight excluding hydrogens is 294 g/mol. The van der Waals surface area contributed by atoms with Gasteiger partial charge in [0.15, 0.2) is 0 Å². The van der Waals surface area contributed by atoms with Crippen molar-refractivity contribution in [3.63, 3.8) is 0 Å². The monoisotopic (exact) mass is 317 g/mol. The first-order chi connectivity index (χ1) is 9.86. The molecule has 3 amide bonds. The van der Waals surface area contributed by atoms with Crippen LogP contribution in [0.5, 0.6) is 0 Å². The van der Waals surface area contributed by atoms with Gasteiger partial charge in [0.05, 0.1) is 11.9 Å². The van der Waals surface area contributed by atoms with Crippen molar-refractivity contribution < 1.29 is 19.5 Å². The molecule has 1 heterocycles. The van der Waals surface area contributed by atoms with Gasteiger partial charge in [-0.15, -0.1) is 11.8 Å². The minimum absolute atomic E-state index is 0.143. The van der Waals surface area contributed by atoms with Crippen LogP contribution in [0.4, 0.5) is 4.79 Å². The first-order valence-corrected chi connectivity index (χ1v) is 8.09. The lowest BCUT2D eigenvalue weighted by Gasteiger charge is -2.26. The molecular formula is C13H23N3O4S. The Hall–Kier alpha value is -1.44. The van der Waals surface area contributed by atoms with Gasteiger partial charge in [-0.2, -0.15) is 0 Å². The summed E-state index contributed by atoms with van der Waals surface area (Å²) in [7, 11) is 0. The quantitative estimate of drug-likeness (QED) is 0.670. The molecule has 0 aliphatic carbocycles. The Balaban J connectivity index is 2.52. The van der Waals surface area contributed by atoms with Crippen LogP contribution in [0.1, 0.15) is 27.2 Å². The lowest BCUT2D eigenvalue weighted by Crippen LogP contribution is -2.51. The number of nitrogens with zero attached hydrogens (tertiary/aromatic N) is 1. The third-order valence-corrected chi connectivity index (χ3v) is 4.52. The number of hydrogen-bond donors (Lipinski definition) is 3. The average molecular weight is 317 g/mol. The molecule has 0 aromatic rings. The van der Waals surface area contributed by atoms with Crippen LogP contribution in [-0.2, 0) is 9.59 Å². The Morgan fingerprint density at radius 3 is 2.52 bits per heavy atom. The molecule has 8 heteroatoms. The molecule has 0 aromatic carbocycles. The van der Waals surface area contributed by atoms with Crippen molar-refractivity contribution >= 4 is 29.7 Å². The van der Waals surface area contributed by atoms with Crippen molar-refractivity contribution in [3.8, 4) is 0 Å². The number of carboxylic acid groups (broad SMARTS) is 1. The van der Waals surface area contributed by atoms with Crippen LogP contribution in [0.3, 0.4) is 0 Å². The van der Waals surface area contributed by atoms with E-state index in [-0.39, 0.29) is 17.8 Å². The highest BCUT2D eigenvalue weighted by Crippen LogP contribution is 2.31. The fourth-order valence-corrected chi connectivity index (χ4v) is 3.31. The van der Waals surface area contributed by atoms with Crippen molar-refractivity contribution in [2.75, 3.05) is 18.8 Å². The molecule has 3 N–H and O–H groups in total. The van der Waals surface area contributed by atoms with Gasteiger partial charge in [0.2, 0.25) is 5.91 Å². The molecule has 1 saturated heterocycles. The zero-order valence-corrected chi connectivity index (χ0v) is 13.4. The molecule has 1 aliphatic heterocycles. The average Bonchev–Trinajstić information content (AvgIpc) is 2.86. The Bertz CT molecular complexity index is 403. The molecule has 1 rings (SSSR count). The van der Waals surface area contributed by atoms with Crippen molar-refractivity contribution in [2.45, 2.75) is 38.6 Å². The normalized spacial score (nSPS) is 21.4. The third kappa shape index (κ3) is 5.11. The Labute approximate surface area is 128 Å². The number of urea groups is 1. The number of carboxylic acids is 1. The van der Waals surface area contributed by atoms with E-state index in [4.69, 9.17) is 5.11 Å². The number of nitrogens with one attached hydrogen (secondary N) is 2. The van der Waals surface area contributed by atoms with Crippen LogP contribution in [0.2, 0.25) is 0 Å². The van der Waals surface area contributed by atoms with Crippen LogP contribution in [-0.4, -0.2) is 58.2 Å². The summed E-state index contributed by atoms with van der Waals surface area (Å²) >= 11 is 1.45. The van der Waals surface area contributed by atoms with Gasteiger partial charge in [-0.3, -0.25) is 9.69 Å². The van der Waals surface area contributed by atoms with E-state index in [0.717, 1.165) is 0 Å². The van der Waals surface area contributed by atoms with Crippen LogP contribution >= 0.6 is 11.8 Å². The van der Waals surface area contributed by atoms with Crippen LogP contribution in [0, 0.1) is 5.92 Å². The van der Waals surface area contributed by atoms with E-state index in [0.29, 0.717) is 24.6 Å². The van der Waals surface area contributed by atoms with E-state index in [2.05, 4.69) is 10.6 Å². The van der Waals surface area contributed by atoms with E-state index in [9.17, 15) is 14.4 Å². The maximum absolute atomic E-state index is 12.1. The Kier molecular flexibility index (Phi) is 6.80. The lowest BCUT2D eigenvalue weighted by atomic mass is 10.2. The predicted molar refractivity (Wildman–Crippen MR) is 81.0 cm³/mol. The summed E-state index contributed by atoms with van der Waals surface area (Å²) in [6.07, 6.45) is 0.668. The molecule has 0 saturated carbocycles. The van der Waals surface area contributed by atoms with Crippen molar-refractivity contribution in [1.82, 2.24) is 15.5 Å². The van der Waals surface area contributed by atoms with Gasteiger partial charge < -0.3 is 15.7 Å². The second-order valence-electron chi connectivity index (χ2n) is 5.31. The smallest absolute Gasteiger partial charge is 0.327 e. The summed E-state index contributed by atoms with van der Waals surface area (Å²) in [5.41, 5.74) is 0. The van der Waals surface area contributed by atoms with Crippen LogP contribution in [0.25, 0.3) is 0 Å². The molecule has 0 radical (unpaired) electrons. The summed E-state index contributed by atoms with van der Waals surface area (Å²) in [5, 5.41) is 14.2. The number of carbonyl (C=O) groups excluding carboxylic acids is 2. The van der Waals surface area contributed by atoms with Gasteiger partial charge in [0, 0.05) is 12.3 Å². The summed E-state index contributed by atoms with van der Waals surface area (Å²) in [6, 6.07) is -1.34. The Morgan fingerprint density at radius 1 is 1.33 bits per heavy atom. The highest BCUT2D eigenvalue weighted by Gasteiger charge is 2.40. The molecule has 2 unspecified atom stereocenters. The third-order valence-electron chi connectivity index (χ3n) is 3.07. The first kappa shape index (κ1) is 17.6. The van der Waals surface area contributed by atoms with E-state index in [1.165, 1.54) is 16.7 Å². The molecule has 21 heavy (non-hydrogen) atoms. The summed E-state index contributed by atoms with van der Waals surface area (Å²) in [4.78, 5) is 36.2. The number of hydrogen-bond acceptors (Lipinski definition) is 4. The molecule has 0 bridgehead atoms. The minimum atomic E-state index is -1.02.